The average molecular weight is 259 g/mol. The van der Waals surface area contributed by atoms with Gasteiger partial charge in [-0.1, -0.05) is 5.16 Å². The lowest BCUT2D eigenvalue weighted by molar-refractivity contribution is 0.339. The van der Waals surface area contributed by atoms with E-state index in [2.05, 4.69) is 10.1 Å². The third kappa shape index (κ3) is 3.26. The first-order chi connectivity index (χ1) is 7.96. The molecule has 1 aromatic heterocycles. The van der Waals surface area contributed by atoms with Crippen molar-refractivity contribution in [1.29, 1.82) is 0 Å². The van der Waals surface area contributed by atoms with E-state index in [1.54, 1.807) is 0 Å². The molecule has 6 nitrogen and oxygen atoms in total. The van der Waals surface area contributed by atoms with Crippen LogP contribution < -0.4 is 5.73 Å². The van der Waals surface area contributed by atoms with Crippen molar-refractivity contribution in [2.75, 3.05) is 11.5 Å². The van der Waals surface area contributed by atoms with Gasteiger partial charge in [0.15, 0.2) is 5.82 Å². The van der Waals surface area contributed by atoms with Crippen molar-refractivity contribution in [2.24, 2.45) is 5.73 Å². The summed E-state index contributed by atoms with van der Waals surface area (Å²) in [6, 6.07) is -0.00724. The first-order valence-electron chi connectivity index (χ1n) is 5.75. The maximum Gasteiger partial charge on any atom is 0.229 e. The Morgan fingerprint density at radius 2 is 2.12 bits per heavy atom. The maximum absolute atomic E-state index is 11.3. The van der Waals surface area contributed by atoms with Crippen LogP contribution in [0.15, 0.2) is 4.52 Å². The molecule has 0 spiro atoms. The Morgan fingerprint density at radius 3 is 2.71 bits per heavy atom. The summed E-state index contributed by atoms with van der Waals surface area (Å²) in [4.78, 5) is 4.27. The predicted octanol–water partition coefficient (Wildman–Crippen LogP) is 0.251. The van der Waals surface area contributed by atoms with Crippen molar-refractivity contribution in [3.05, 3.63) is 11.7 Å². The van der Waals surface area contributed by atoms with Gasteiger partial charge in [-0.25, -0.2) is 8.42 Å². The molecule has 1 saturated heterocycles. The van der Waals surface area contributed by atoms with Crippen LogP contribution in [-0.4, -0.2) is 36.1 Å². The average Bonchev–Trinajstić information content (AvgIpc) is 2.65. The van der Waals surface area contributed by atoms with Gasteiger partial charge >= 0.3 is 0 Å². The Kier molecular flexibility index (Phi) is 3.48. The van der Waals surface area contributed by atoms with Gasteiger partial charge in [-0.05, 0) is 19.8 Å². The van der Waals surface area contributed by atoms with Crippen molar-refractivity contribution in [2.45, 2.75) is 38.1 Å². The van der Waals surface area contributed by atoms with Crippen LogP contribution in [-0.2, 0) is 16.3 Å². The van der Waals surface area contributed by atoms with E-state index >= 15 is 0 Å². The number of hydrogen-bond donors (Lipinski definition) is 1. The zero-order valence-electron chi connectivity index (χ0n) is 9.80. The maximum atomic E-state index is 11.3. The first-order valence-corrected chi connectivity index (χ1v) is 7.57. The number of aromatic nitrogens is 2. The number of nitrogens with two attached hydrogens (primary N) is 1. The largest absolute Gasteiger partial charge is 0.339 e. The molecule has 2 heterocycles. The van der Waals surface area contributed by atoms with Crippen molar-refractivity contribution in [3.8, 4) is 0 Å². The smallest absolute Gasteiger partial charge is 0.229 e. The van der Waals surface area contributed by atoms with E-state index in [-0.39, 0.29) is 23.5 Å². The summed E-state index contributed by atoms with van der Waals surface area (Å²) in [5, 5.41) is 3.85. The van der Waals surface area contributed by atoms with Crippen LogP contribution >= 0.6 is 0 Å². The summed E-state index contributed by atoms with van der Waals surface area (Å²) in [6.07, 6.45) is 1.72. The number of nitrogens with zero attached hydrogens (tertiary/aromatic N) is 2. The molecule has 1 aliphatic heterocycles. The normalized spacial score (nSPS) is 22.5. The summed E-state index contributed by atoms with van der Waals surface area (Å²) in [5.41, 5.74) is 5.65. The van der Waals surface area contributed by atoms with Crippen LogP contribution in [0.5, 0.6) is 0 Å². The summed E-state index contributed by atoms with van der Waals surface area (Å²) >= 11 is 0. The summed E-state index contributed by atoms with van der Waals surface area (Å²) in [6.45, 7) is 1.88. The molecule has 1 unspecified atom stereocenters. The molecular weight excluding hydrogens is 242 g/mol. The molecule has 1 aromatic rings. The van der Waals surface area contributed by atoms with E-state index in [1.807, 2.05) is 6.92 Å². The quantitative estimate of drug-likeness (QED) is 0.835. The Labute approximate surface area is 100 Å². The van der Waals surface area contributed by atoms with Gasteiger partial charge in [0.25, 0.3) is 0 Å². The Bertz CT molecular complexity index is 467. The lowest BCUT2D eigenvalue weighted by atomic mass is 10.0. The van der Waals surface area contributed by atoms with E-state index in [4.69, 9.17) is 10.3 Å². The highest BCUT2D eigenvalue weighted by molar-refractivity contribution is 7.91. The van der Waals surface area contributed by atoms with E-state index in [1.165, 1.54) is 0 Å². The fourth-order valence-electron chi connectivity index (χ4n) is 1.94. The van der Waals surface area contributed by atoms with Gasteiger partial charge in [-0.3, -0.25) is 0 Å². The summed E-state index contributed by atoms with van der Waals surface area (Å²) in [7, 11) is -2.85. The minimum absolute atomic E-state index is 0.00724. The first kappa shape index (κ1) is 12.5. The zero-order chi connectivity index (χ0) is 12.5. The van der Waals surface area contributed by atoms with Gasteiger partial charge in [0.2, 0.25) is 5.89 Å². The molecular formula is C10H17N3O3S. The molecule has 0 amide bonds. The molecule has 1 atom stereocenters. The van der Waals surface area contributed by atoms with Crippen LogP contribution in [0, 0.1) is 0 Å². The van der Waals surface area contributed by atoms with Gasteiger partial charge in [-0.15, -0.1) is 0 Å². The lowest BCUT2D eigenvalue weighted by Gasteiger charge is -2.17. The van der Waals surface area contributed by atoms with Crippen molar-refractivity contribution >= 4 is 9.84 Å². The molecule has 7 heteroatoms. The number of hydrogen-bond acceptors (Lipinski definition) is 6. The Balaban J connectivity index is 2.01. The molecule has 2 rings (SSSR count). The SMILES string of the molecule is CC(N)Cc1noc(C2CCS(=O)(=O)CC2)n1. The van der Waals surface area contributed by atoms with Gasteiger partial charge in [0.05, 0.1) is 11.5 Å². The fraction of sp³-hybridized carbons (Fsp3) is 0.800. The van der Waals surface area contributed by atoms with Crippen LogP contribution in [0.3, 0.4) is 0 Å². The molecule has 2 N–H and O–H groups in total. The van der Waals surface area contributed by atoms with Crippen LogP contribution in [0.4, 0.5) is 0 Å². The topological polar surface area (TPSA) is 99.1 Å². The lowest BCUT2D eigenvalue weighted by Crippen LogP contribution is -2.22. The molecule has 17 heavy (non-hydrogen) atoms. The highest BCUT2D eigenvalue weighted by Crippen LogP contribution is 2.27. The van der Waals surface area contributed by atoms with E-state index in [0.29, 0.717) is 31.0 Å². The highest BCUT2D eigenvalue weighted by atomic mass is 32.2. The second-order valence-corrected chi connectivity index (χ2v) is 6.96. The third-order valence-corrected chi connectivity index (χ3v) is 4.61. The highest BCUT2D eigenvalue weighted by Gasteiger charge is 2.28. The molecule has 0 aliphatic carbocycles. The molecule has 0 aromatic carbocycles. The Hall–Kier alpha value is -0.950. The molecule has 1 fully saturated rings. The Morgan fingerprint density at radius 1 is 1.47 bits per heavy atom. The standard InChI is InChI=1S/C10H17N3O3S/c1-7(11)6-9-12-10(16-13-9)8-2-4-17(14,15)5-3-8/h7-8H,2-6,11H2,1H3. The summed E-state index contributed by atoms with van der Waals surface area (Å²) in [5.74, 6) is 1.65. The van der Waals surface area contributed by atoms with Crippen molar-refractivity contribution in [3.63, 3.8) is 0 Å². The van der Waals surface area contributed by atoms with Gasteiger partial charge in [0.1, 0.15) is 9.84 Å². The van der Waals surface area contributed by atoms with Crippen molar-refractivity contribution in [1.82, 2.24) is 10.1 Å². The van der Waals surface area contributed by atoms with Crippen LogP contribution in [0.25, 0.3) is 0 Å². The third-order valence-electron chi connectivity index (χ3n) is 2.89. The van der Waals surface area contributed by atoms with E-state index < -0.39 is 9.84 Å². The van der Waals surface area contributed by atoms with Crippen LogP contribution in [0.1, 0.15) is 37.4 Å². The monoisotopic (exact) mass is 259 g/mol. The van der Waals surface area contributed by atoms with E-state index in [0.717, 1.165) is 0 Å². The second-order valence-electron chi connectivity index (χ2n) is 4.66. The molecule has 0 bridgehead atoms. The molecule has 0 saturated carbocycles. The number of sulfone groups is 1. The zero-order valence-corrected chi connectivity index (χ0v) is 10.6. The molecule has 1 aliphatic rings. The minimum Gasteiger partial charge on any atom is -0.339 e. The minimum atomic E-state index is -2.85. The summed E-state index contributed by atoms with van der Waals surface area (Å²) < 4.78 is 27.8. The molecule has 96 valence electrons. The van der Waals surface area contributed by atoms with Crippen molar-refractivity contribution < 1.29 is 12.9 Å². The number of rotatable bonds is 3. The fourth-order valence-corrected chi connectivity index (χ4v) is 3.43. The van der Waals surface area contributed by atoms with Gasteiger partial charge in [-0.2, -0.15) is 4.98 Å². The van der Waals surface area contributed by atoms with Gasteiger partial charge < -0.3 is 10.3 Å². The second kappa shape index (κ2) is 4.73. The van der Waals surface area contributed by atoms with Gasteiger partial charge in [0, 0.05) is 18.4 Å². The predicted molar refractivity (Wildman–Crippen MR) is 62.3 cm³/mol. The van der Waals surface area contributed by atoms with Crippen LogP contribution in [0.2, 0.25) is 0 Å². The molecule has 0 radical (unpaired) electrons. The van der Waals surface area contributed by atoms with E-state index in [9.17, 15) is 8.42 Å².